The van der Waals surface area contributed by atoms with Gasteiger partial charge in [-0.2, -0.15) is 0 Å². The summed E-state index contributed by atoms with van der Waals surface area (Å²) in [5.41, 5.74) is 2.62. The third-order valence-corrected chi connectivity index (χ3v) is 6.75. The molecule has 0 saturated heterocycles. The first-order valence-corrected chi connectivity index (χ1v) is 12.0. The Labute approximate surface area is 209 Å². The molecule has 1 heterocycles. The molecule has 188 valence electrons. The second kappa shape index (κ2) is 10.8. The van der Waals surface area contributed by atoms with Crippen LogP contribution in [0.5, 0.6) is 0 Å². The molecule has 0 bridgehead atoms. The Kier molecular flexibility index (Phi) is 7.59. The number of aromatic nitrogens is 2. The normalized spacial score (nSPS) is 15.6. The summed E-state index contributed by atoms with van der Waals surface area (Å²) < 4.78 is 14.8. The Balaban J connectivity index is 1.69. The van der Waals surface area contributed by atoms with Crippen molar-refractivity contribution in [3.05, 3.63) is 82.0 Å². The molecule has 1 aliphatic rings. The van der Waals surface area contributed by atoms with Crippen LogP contribution in [0, 0.1) is 5.82 Å². The fourth-order valence-corrected chi connectivity index (χ4v) is 4.49. The van der Waals surface area contributed by atoms with Crippen molar-refractivity contribution >= 4 is 17.6 Å². The zero-order valence-electron chi connectivity index (χ0n) is 20.6. The molecule has 2 amide bonds. The van der Waals surface area contributed by atoms with E-state index in [-0.39, 0.29) is 24.3 Å². The quantitative estimate of drug-likeness (QED) is 0.530. The standard InChI is InChI=1S/C27H30FN5O3/c1-17(29-2)26(35)31-25-27(36)33(23(15-30-25)19-11-13-20(28)14-12-19)16-24(34)32(3)22-10-6-8-18-7-4-5-9-21(18)22/h4-5,7,9,11-15,17,22,29H,6,8,10,16H2,1-3H3,(H,30,31,35). The van der Waals surface area contributed by atoms with E-state index in [9.17, 15) is 18.8 Å². The molecule has 4 rings (SSSR count). The lowest BCUT2D eigenvalue weighted by Gasteiger charge is -2.33. The van der Waals surface area contributed by atoms with Gasteiger partial charge >= 0.3 is 0 Å². The number of nitrogens with one attached hydrogen (secondary N) is 2. The highest BCUT2D eigenvalue weighted by Gasteiger charge is 2.27. The lowest BCUT2D eigenvalue weighted by atomic mass is 9.87. The van der Waals surface area contributed by atoms with Gasteiger partial charge in [0.2, 0.25) is 11.8 Å². The molecule has 2 N–H and O–H groups in total. The van der Waals surface area contributed by atoms with Gasteiger partial charge in [0, 0.05) is 12.6 Å². The summed E-state index contributed by atoms with van der Waals surface area (Å²) in [6, 6.07) is 13.1. The van der Waals surface area contributed by atoms with Gasteiger partial charge in [-0.05, 0) is 68.6 Å². The predicted octanol–water partition coefficient (Wildman–Crippen LogP) is 3.13. The average molecular weight is 492 g/mol. The highest BCUT2D eigenvalue weighted by Crippen LogP contribution is 2.33. The van der Waals surface area contributed by atoms with Gasteiger partial charge < -0.3 is 15.5 Å². The summed E-state index contributed by atoms with van der Waals surface area (Å²) >= 11 is 0. The van der Waals surface area contributed by atoms with Crippen LogP contribution in [0.2, 0.25) is 0 Å². The van der Waals surface area contributed by atoms with Gasteiger partial charge in [-0.15, -0.1) is 0 Å². The first kappa shape index (κ1) is 25.2. The second-order valence-corrected chi connectivity index (χ2v) is 9.00. The highest BCUT2D eigenvalue weighted by molar-refractivity contribution is 5.93. The average Bonchev–Trinajstić information content (AvgIpc) is 2.90. The molecule has 9 heteroatoms. The number of anilines is 1. The largest absolute Gasteiger partial charge is 0.337 e. The second-order valence-electron chi connectivity index (χ2n) is 9.00. The van der Waals surface area contributed by atoms with Gasteiger partial charge in [0.05, 0.1) is 24.0 Å². The predicted molar refractivity (Wildman–Crippen MR) is 136 cm³/mol. The minimum atomic E-state index is -0.612. The van der Waals surface area contributed by atoms with Crippen LogP contribution in [0.15, 0.2) is 59.5 Å². The molecule has 2 unspecified atom stereocenters. The molecular formula is C27H30FN5O3. The summed E-state index contributed by atoms with van der Waals surface area (Å²) in [4.78, 5) is 45.1. The number of nitrogens with zero attached hydrogens (tertiary/aromatic N) is 3. The minimum absolute atomic E-state index is 0.0927. The topological polar surface area (TPSA) is 96.3 Å². The van der Waals surface area contributed by atoms with Crippen LogP contribution in [0.1, 0.15) is 36.9 Å². The number of rotatable bonds is 7. The zero-order chi connectivity index (χ0) is 25.8. The maximum absolute atomic E-state index is 13.5. The van der Waals surface area contributed by atoms with Crippen molar-refractivity contribution in [3.63, 3.8) is 0 Å². The van der Waals surface area contributed by atoms with E-state index in [2.05, 4.69) is 21.7 Å². The smallest absolute Gasteiger partial charge is 0.294 e. The van der Waals surface area contributed by atoms with Gasteiger partial charge in [0.25, 0.3) is 5.56 Å². The fourth-order valence-electron chi connectivity index (χ4n) is 4.49. The number of fused-ring (bicyclic) bond motifs is 1. The summed E-state index contributed by atoms with van der Waals surface area (Å²) in [7, 11) is 3.38. The van der Waals surface area contributed by atoms with E-state index in [1.54, 1.807) is 25.9 Å². The van der Waals surface area contributed by atoms with E-state index < -0.39 is 23.3 Å². The number of carbonyl (C=O) groups excluding carboxylic acids is 2. The molecule has 8 nitrogen and oxygen atoms in total. The van der Waals surface area contributed by atoms with E-state index in [4.69, 9.17) is 0 Å². The fraction of sp³-hybridized carbons (Fsp3) is 0.333. The highest BCUT2D eigenvalue weighted by atomic mass is 19.1. The van der Waals surface area contributed by atoms with Gasteiger partial charge in [0.15, 0.2) is 5.82 Å². The molecule has 0 radical (unpaired) electrons. The molecular weight excluding hydrogens is 461 g/mol. The molecule has 0 fully saturated rings. The first-order valence-electron chi connectivity index (χ1n) is 12.0. The Morgan fingerprint density at radius 3 is 2.64 bits per heavy atom. The van der Waals surface area contributed by atoms with Crippen molar-refractivity contribution in [2.45, 2.75) is 44.8 Å². The molecule has 3 aromatic rings. The molecule has 0 saturated carbocycles. The molecule has 36 heavy (non-hydrogen) atoms. The lowest BCUT2D eigenvalue weighted by molar-refractivity contribution is -0.133. The molecule has 2 atom stereocenters. The van der Waals surface area contributed by atoms with Gasteiger partial charge in [-0.25, -0.2) is 9.37 Å². The Bertz CT molecular complexity index is 1320. The number of aryl methyl sites for hydroxylation is 1. The van der Waals surface area contributed by atoms with Crippen molar-refractivity contribution in [2.24, 2.45) is 0 Å². The van der Waals surface area contributed by atoms with Crippen molar-refractivity contribution in [2.75, 3.05) is 19.4 Å². The van der Waals surface area contributed by atoms with Crippen molar-refractivity contribution in [1.29, 1.82) is 0 Å². The third kappa shape index (κ3) is 5.21. The van der Waals surface area contributed by atoms with Crippen LogP contribution < -0.4 is 16.2 Å². The van der Waals surface area contributed by atoms with Crippen LogP contribution in [-0.2, 0) is 22.6 Å². The van der Waals surface area contributed by atoms with Crippen molar-refractivity contribution in [1.82, 2.24) is 19.8 Å². The number of hydrogen-bond acceptors (Lipinski definition) is 5. The lowest BCUT2D eigenvalue weighted by Crippen LogP contribution is -2.40. The third-order valence-electron chi connectivity index (χ3n) is 6.75. The molecule has 0 aliphatic heterocycles. The maximum Gasteiger partial charge on any atom is 0.294 e. The SMILES string of the molecule is CNC(C)C(=O)Nc1ncc(-c2ccc(F)cc2)n(CC(=O)N(C)C2CCCc3ccccc32)c1=O. The maximum atomic E-state index is 13.5. The summed E-state index contributed by atoms with van der Waals surface area (Å²) in [5.74, 6) is -1.27. The summed E-state index contributed by atoms with van der Waals surface area (Å²) in [5, 5.41) is 5.35. The summed E-state index contributed by atoms with van der Waals surface area (Å²) in [6.07, 6.45) is 4.19. The van der Waals surface area contributed by atoms with Crippen LogP contribution in [0.3, 0.4) is 0 Å². The minimum Gasteiger partial charge on any atom is -0.337 e. The van der Waals surface area contributed by atoms with Gasteiger partial charge in [-0.1, -0.05) is 24.3 Å². The van der Waals surface area contributed by atoms with Crippen molar-refractivity contribution in [3.8, 4) is 11.3 Å². The number of halogens is 1. The number of likely N-dealkylation sites (N-methyl/N-ethyl adjacent to an activating group) is 2. The van der Waals surface area contributed by atoms with E-state index in [1.807, 2.05) is 18.2 Å². The number of hydrogen-bond donors (Lipinski definition) is 2. The Morgan fingerprint density at radius 1 is 1.19 bits per heavy atom. The van der Waals surface area contributed by atoms with E-state index in [1.165, 1.54) is 40.6 Å². The van der Waals surface area contributed by atoms with Crippen LogP contribution >= 0.6 is 0 Å². The number of carbonyl (C=O) groups is 2. The van der Waals surface area contributed by atoms with E-state index in [0.29, 0.717) is 11.3 Å². The van der Waals surface area contributed by atoms with Crippen LogP contribution in [0.4, 0.5) is 10.2 Å². The molecule has 1 aliphatic carbocycles. The van der Waals surface area contributed by atoms with Crippen LogP contribution in [-0.4, -0.2) is 46.4 Å². The van der Waals surface area contributed by atoms with Crippen molar-refractivity contribution < 1.29 is 14.0 Å². The monoisotopic (exact) mass is 491 g/mol. The molecule has 2 aromatic carbocycles. The Morgan fingerprint density at radius 2 is 1.92 bits per heavy atom. The van der Waals surface area contributed by atoms with Crippen LogP contribution in [0.25, 0.3) is 11.3 Å². The zero-order valence-corrected chi connectivity index (χ0v) is 20.6. The van der Waals surface area contributed by atoms with Gasteiger partial charge in [-0.3, -0.25) is 19.0 Å². The first-order chi connectivity index (χ1) is 17.3. The number of benzene rings is 2. The molecule has 0 spiro atoms. The van der Waals surface area contributed by atoms with E-state index in [0.717, 1.165) is 24.8 Å². The molecule has 1 aromatic heterocycles. The Hall–Kier alpha value is -3.85. The van der Waals surface area contributed by atoms with E-state index >= 15 is 0 Å². The summed E-state index contributed by atoms with van der Waals surface area (Å²) in [6.45, 7) is 1.40. The van der Waals surface area contributed by atoms with Gasteiger partial charge in [0.1, 0.15) is 12.4 Å². The number of amides is 2.